The Morgan fingerprint density at radius 2 is 1.86 bits per heavy atom. The second-order valence-electron chi connectivity index (χ2n) is 6.83. The second-order valence-corrected chi connectivity index (χ2v) is 7.75. The van der Waals surface area contributed by atoms with E-state index in [1.165, 1.54) is 0 Å². The van der Waals surface area contributed by atoms with Crippen LogP contribution in [0.4, 0.5) is 0 Å². The van der Waals surface area contributed by atoms with Gasteiger partial charge in [-0.15, -0.1) is 0 Å². The van der Waals surface area contributed by atoms with Crippen molar-refractivity contribution in [3.8, 4) is 5.88 Å². The van der Waals surface area contributed by atoms with Gasteiger partial charge in [-0.3, -0.25) is 9.69 Å². The third-order valence-corrected chi connectivity index (χ3v) is 5.24. The van der Waals surface area contributed by atoms with Crippen LogP contribution in [0.15, 0.2) is 53.1 Å². The van der Waals surface area contributed by atoms with Crippen LogP contribution in [-0.4, -0.2) is 67.2 Å². The van der Waals surface area contributed by atoms with Crippen LogP contribution in [0, 0.1) is 0 Å². The minimum atomic E-state index is 0.0618. The number of ether oxygens (including phenoxy) is 2. The molecule has 0 saturated carbocycles. The van der Waals surface area contributed by atoms with Crippen molar-refractivity contribution >= 4 is 27.9 Å². The molecule has 0 radical (unpaired) electrons. The van der Waals surface area contributed by atoms with E-state index in [2.05, 4.69) is 25.8 Å². The lowest BCUT2D eigenvalue weighted by Crippen LogP contribution is -2.47. The predicted molar refractivity (Wildman–Crippen MR) is 117 cm³/mol. The Kier molecular flexibility index (Phi) is 8.22. The van der Waals surface area contributed by atoms with Gasteiger partial charge in [-0.05, 0) is 29.3 Å². The lowest BCUT2D eigenvalue weighted by molar-refractivity contribution is -0.127. The molecule has 0 unspecified atom stereocenters. The van der Waals surface area contributed by atoms with Crippen LogP contribution in [0.25, 0.3) is 6.08 Å². The summed E-state index contributed by atoms with van der Waals surface area (Å²) in [5, 5.41) is 0. The first kappa shape index (κ1) is 21.5. The smallest absolute Gasteiger partial charge is 0.246 e. The van der Waals surface area contributed by atoms with Gasteiger partial charge >= 0.3 is 0 Å². The number of aromatic nitrogens is 1. The fraction of sp³-hybridized carbons (Fsp3) is 0.364. The van der Waals surface area contributed by atoms with Crippen LogP contribution in [0.2, 0.25) is 0 Å². The Labute approximate surface area is 180 Å². The van der Waals surface area contributed by atoms with Crippen LogP contribution in [0.1, 0.15) is 11.1 Å². The molecule has 0 aliphatic carbocycles. The molecule has 1 saturated heterocycles. The minimum Gasteiger partial charge on any atom is -0.475 e. The number of carbonyl (C=O) groups is 1. The number of pyridine rings is 1. The van der Waals surface area contributed by atoms with Crippen LogP contribution >= 0.6 is 15.9 Å². The largest absolute Gasteiger partial charge is 0.475 e. The Morgan fingerprint density at radius 1 is 1.10 bits per heavy atom. The number of methoxy groups -OCH3 is 1. The number of benzene rings is 1. The molecule has 0 N–H and O–H groups in total. The fourth-order valence-electron chi connectivity index (χ4n) is 3.05. The van der Waals surface area contributed by atoms with Gasteiger partial charge in [0.1, 0.15) is 6.61 Å². The topological polar surface area (TPSA) is 54.9 Å². The Hall–Kier alpha value is -2.22. The normalized spacial score (nSPS) is 15.0. The predicted octanol–water partition coefficient (Wildman–Crippen LogP) is 3.23. The number of amides is 1. The monoisotopic (exact) mass is 459 g/mol. The van der Waals surface area contributed by atoms with Gasteiger partial charge < -0.3 is 14.4 Å². The summed E-state index contributed by atoms with van der Waals surface area (Å²) in [7, 11) is 1.64. The van der Waals surface area contributed by atoms with E-state index in [9.17, 15) is 4.79 Å². The van der Waals surface area contributed by atoms with Crippen molar-refractivity contribution in [2.24, 2.45) is 0 Å². The highest BCUT2D eigenvalue weighted by Gasteiger charge is 2.19. The average molecular weight is 460 g/mol. The highest BCUT2D eigenvalue weighted by Crippen LogP contribution is 2.13. The van der Waals surface area contributed by atoms with Crippen molar-refractivity contribution in [1.29, 1.82) is 0 Å². The first-order valence-electron chi connectivity index (χ1n) is 9.65. The summed E-state index contributed by atoms with van der Waals surface area (Å²) in [5.41, 5.74) is 2.15. The third kappa shape index (κ3) is 6.96. The molecule has 0 spiro atoms. The lowest BCUT2D eigenvalue weighted by atomic mass is 10.2. The summed E-state index contributed by atoms with van der Waals surface area (Å²) in [6, 6.07) is 11.8. The van der Waals surface area contributed by atoms with E-state index in [1.807, 2.05) is 53.6 Å². The molecule has 1 amide bonds. The molecule has 154 valence electrons. The zero-order valence-corrected chi connectivity index (χ0v) is 18.2. The highest BCUT2D eigenvalue weighted by atomic mass is 79.9. The molecule has 3 rings (SSSR count). The van der Waals surface area contributed by atoms with E-state index in [4.69, 9.17) is 9.47 Å². The van der Waals surface area contributed by atoms with Gasteiger partial charge in [0.15, 0.2) is 0 Å². The SMILES string of the molecule is COCCOc1ccc(CN2CCN(C(=O)/C=C/c3ccc(Br)cc3)CC2)cn1. The zero-order valence-electron chi connectivity index (χ0n) is 16.6. The maximum absolute atomic E-state index is 12.4. The van der Waals surface area contributed by atoms with E-state index >= 15 is 0 Å². The lowest BCUT2D eigenvalue weighted by Gasteiger charge is -2.34. The number of rotatable bonds is 8. The van der Waals surface area contributed by atoms with E-state index in [-0.39, 0.29) is 5.91 Å². The maximum Gasteiger partial charge on any atom is 0.246 e. The summed E-state index contributed by atoms with van der Waals surface area (Å²) in [4.78, 5) is 21.0. The molecular formula is C22H26BrN3O3. The first-order valence-corrected chi connectivity index (χ1v) is 10.4. The fourth-order valence-corrected chi connectivity index (χ4v) is 3.32. The van der Waals surface area contributed by atoms with Gasteiger partial charge in [-0.2, -0.15) is 0 Å². The summed E-state index contributed by atoms with van der Waals surface area (Å²) in [5.74, 6) is 0.672. The van der Waals surface area contributed by atoms with Gasteiger partial charge in [-0.25, -0.2) is 4.98 Å². The zero-order chi connectivity index (χ0) is 20.5. The van der Waals surface area contributed by atoms with E-state index in [1.54, 1.807) is 13.2 Å². The van der Waals surface area contributed by atoms with Crippen LogP contribution in [0.5, 0.6) is 5.88 Å². The molecule has 0 atom stereocenters. The molecule has 7 heteroatoms. The first-order chi connectivity index (χ1) is 14.1. The standard InChI is InChI=1S/C22H26BrN3O3/c1-28-14-15-29-21-8-4-19(16-24-21)17-25-10-12-26(13-11-25)22(27)9-5-18-2-6-20(23)7-3-18/h2-9,16H,10-15,17H2,1H3/b9-5+. The van der Waals surface area contributed by atoms with Crippen molar-refractivity contribution in [1.82, 2.24) is 14.8 Å². The molecule has 2 aromatic rings. The summed E-state index contributed by atoms with van der Waals surface area (Å²) < 4.78 is 11.5. The van der Waals surface area contributed by atoms with E-state index < -0.39 is 0 Å². The van der Waals surface area contributed by atoms with Crippen molar-refractivity contribution < 1.29 is 14.3 Å². The van der Waals surface area contributed by atoms with Crippen molar-refractivity contribution in [3.05, 3.63) is 64.3 Å². The molecule has 29 heavy (non-hydrogen) atoms. The van der Waals surface area contributed by atoms with Crippen molar-refractivity contribution in [3.63, 3.8) is 0 Å². The summed E-state index contributed by atoms with van der Waals surface area (Å²) >= 11 is 3.41. The third-order valence-electron chi connectivity index (χ3n) is 4.71. The Morgan fingerprint density at radius 3 is 2.52 bits per heavy atom. The molecule has 1 fully saturated rings. The van der Waals surface area contributed by atoms with Gasteiger partial charge in [-0.1, -0.05) is 34.1 Å². The minimum absolute atomic E-state index is 0.0618. The van der Waals surface area contributed by atoms with Gasteiger partial charge in [0.2, 0.25) is 11.8 Å². The van der Waals surface area contributed by atoms with Crippen LogP contribution < -0.4 is 4.74 Å². The number of carbonyl (C=O) groups excluding carboxylic acids is 1. The molecule has 1 aliphatic heterocycles. The molecule has 6 nitrogen and oxygen atoms in total. The molecule has 0 bridgehead atoms. The van der Waals surface area contributed by atoms with E-state index in [0.29, 0.717) is 19.1 Å². The number of halogens is 1. The molecule has 2 heterocycles. The van der Waals surface area contributed by atoms with Crippen LogP contribution in [-0.2, 0) is 16.1 Å². The highest BCUT2D eigenvalue weighted by molar-refractivity contribution is 9.10. The van der Waals surface area contributed by atoms with Crippen LogP contribution in [0.3, 0.4) is 0 Å². The van der Waals surface area contributed by atoms with Crippen molar-refractivity contribution in [2.45, 2.75) is 6.54 Å². The van der Waals surface area contributed by atoms with Crippen molar-refractivity contribution in [2.75, 3.05) is 46.5 Å². The number of piperazine rings is 1. The Balaban J connectivity index is 1.42. The maximum atomic E-state index is 12.4. The van der Waals surface area contributed by atoms with Gasteiger partial charge in [0.25, 0.3) is 0 Å². The number of nitrogens with zero attached hydrogens (tertiary/aromatic N) is 3. The van der Waals surface area contributed by atoms with Gasteiger partial charge in [0, 0.05) is 62.6 Å². The average Bonchev–Trinajstić information content (AvgIpc) is 2.75. The van der Waals surface area contributed by atoms with E-state index in [0.717, 1.165) is 48.3 Å². The van der Waals surface area contributed by atoms with Gasteiger partial charge in [0.05, 0.1) is 6.61 Å². The summed E-state index contributed by atoms with van der Waals surface area (Å²) in [6.45, 7) is 5.03. The molecule has 1 aromatic carbocycles. The quantitative estimate of drug-likeness (QED) is 0.448. The number of hydrogen-bond acceptors (Lipinski definition) is 5. The summed E-state index contributed by atoms with van der Waals surface area (Å²) in [6.07, 6.45) is 5.37. The second kappa shape index (κ2) is 11.1. The molecule has 1 aromatic heterocycles. The Bertz CT molecular complexity index is 801. The number of hydrogen-bond donors (Lipinski definition) is 0. The molecule has 1 aliphatic rings. The molecular weight excluding hydrogens is 434 g/mol.